The summed E-state index contributed by atoms with van der Waals surface area (Å²) in [6.45, 7) is 4.94. The zero-order valence-corrected chi connectivity index (χ0v) is 12.9. The first-order valence-corrected chi connectivity index (χ1v) is 7.49. The minimum atomic E-state index is 0.260. The summed E-state index contributed by atoms with van der Waals surface area (Å²) in [5, 5.41) is 5.06. The maximum atomic E-state index is 6.21. The molecule has 0 amide bonds. The fraction of sp³-hybridized carbons (Fsp3) is 0.222. The molecule has 0 saturated heterocycles. The quantitative estimate of drug-likeness (QED) is 0.712. The number of hydrogen-bond donors (Lipinski definition) is 1. The molecule has 108 valence electrons. The summed E-state index contributed by atoms with van der Waals surface area (Å²) in [4.78, 5) is 0. The highest BCUT2D eigenvalue weighted by Gasteiger charge is 2.13. The smallest absolute Gasteiger partial charge is 0.199 e. The van der Waals surface area contributed by atoms with E-state index >= 15 is 0 Å². The summed E-state index contributed by atoms with van der Waals surface area (Å²) in [5.74, 6) is 0. The third-order valence-electron chi connectivity index (χ3n) is 3.81. The normalized spacial score (nSPS) is 12.7. The Kier molecular flexibility index (Phi) is 4.00. The van der Waals surface area contributed by atoms with Crippen LogP contribution in [0.3, 0.4) is 0 Å². The molecule has 1 heterocycles. The summed E-state index contributed by atoms with van der Waals surface area (Å²) >= 11 is 6.21. The molecule has 3 heteroatoms. The van der Waals surface area contributed by atoms with Crippen molar-refractivity contribution in [3.63, 3.8) is 0 Å². The van der Waals surface area contributed by atoms with Crippen molar-refractivity contribution in [1.82, 2.24) is 5.32 Å². The summed E-state index contributed by atoms with van der Waals surface area (Å²) in [5.41, 5.74) is 4.40. The first-order chi connectivity index (χ1) is 10.1. The van der Waals surface area contributed by atoms with Crippen molar-refractivity contribution in [3.8, 4) is 0 Å². The second-order valence-electron chi connectivity index (χ2n) is 5.36. The number of hydrogen-bond acceptors (Lipinski definition) is 2. The van der Waals surface area contributed by atoms with E-state index in [9.17, 15) is 0 Å². The Morgan fingerprint density at radius 3 is 2.57 bits per heavy atom. The van der Waals surface area contributed by atoms with Crippen molar-refractivity contribution in [3.05, 3.63) is 70.4 Å². The van der Waals surface area contributed by atoms with Gasteiger partial charge in [0.25, 0.3) is 0 Å². The summed E-state index contributed by atoms with van der Waals surface area (Å²) in [6.07, 6.45) is 0. The van der Waals surface area contributed by atoms with E-state index < -0.39 is 0 Å². The number of para-hydroxylation sites is 1. The standard InChI is InChI=1S/C18H18ClNO/c1-12-7-9-14(10-8-12)13(2)20-11-16-15-5-3-4-6-17(15)21-18(16)19/h3-10,13,20H,11H2,1-2H3/t13-/m0/s1. The van der Waals surface area contributed by atoms with Gasteiger partial charge in [-0.2, -0.15) is 0 Å². The highest BCUT2D eigenvalue weighted by atomic mass is 35.5. The molecule has 1 aromatic heterocycles. The molecule has 0 bridgehead atoms. The van der Waals surface area contributed by atoms with Crippen LogP contribution in [0.25, 0.3) is 11.0 Å². The fourth-order valence-corrected chi connectivity index (χ4v) is 2.71. The predicted molar refractivity (Wildman–Crippen MR) is 87.7 cm³/mol. The Bertz CT molecular complexity index is 746. The van der Waals surface area contributed by atoms with Crippen LogP contribution in [0.1, 0.15) is 29.7 Å². The van der Waals surface area contributed by atoms with Crippen molar-refractivity contribution in [2.24, 2.45) is 0 Å². The van der Waals surface area contributed by atoms with Gasteiger partial charge < -0.3 is 9.73 Å². The number of fused-ring (bicyclic) bond motifs is 1. The van der Waals surface area contributed by atoms with Gasteiger partial charge in [-0.1, -0.05) is 48.0 Å². The van der Waals surface area contributed by atoms with Crippen molar-refractivity contribution in [1.29, 1.82) is 0 Å². The Hall–Kier alpha value is -1.77. The van der Waals surface area contributed by atoms with E-state index in [1.54, 1.807) is 0 Å². The molecule has 1 atom stereocenters. The zero-order valence-electron chi connectivity index (χ0n) is 12.2. The minimum Gasteiger partial charge on any atom is -0.444 e. The van der Waals surface area contributed by atoms with Crippen LogP contribution in [0.2, 0.25) is 5.22 Å². The number of benzene rings is 2. The second kappa shape index (κ2) is 5.92. The maximum absolute atomic E-state index is 6.21. The topological polar surface area (TPSA) is 25.2 Å². The van der Waals surface area contributed by atoms with E-state index in [1.165, 1.54) is 11.1 Å². The zero-order chi connectivity index (χ0) is 14.8. The number of aryl methyl sites for hydroxylation is 1. The monoisotopic (exact) mass is 299 g/mol. The lowest BCUT2D eigenvalue weighted by molar-refractivity contribution is 0.563. The summed E-state index contributed by atoms with van der Waals surface area (Å²) in [7, 11) is 0. The fourth-order valence-electron chi connectivity index (χ4n) is 2.46. The number of halogens is 1. The minimum absolute atomic E-state index is 0.260. The summed E-state index contributed by atoms with van der Waals surface area (Å²) in [6, 6.07) is 16.8. The van der Waals surface area contributed by atoms with E-state index in [0.717, 1.165) is 16.5 Å². The molecule has 21 heavy (non-hydrogen) atoms. The van der Waals surface area contributed by atoms with Crippen LogP contribution in [0.5, 0.6) is 0 Å². The predicted octanol–water partition coefficient (Wildman–Crippen LogP) is 5.25. The SMILES string of the molecule is Cc1ccc([C@H](C)NCc2c(Cl)oc3ccccc23)cc1. The molecule has 0 aliphatic carbocycles. The van der Waals surface area contributed by atoms with E-state index in [1.807, 2.05) is 24.3 Å². The molecule has 3 aromatic rings. The number of rotatable bonds is 4. The van der Waals surface area contributed by atoms with Gasteiger partial charge in [-0.25, -0.2) is 0 Å². The molecule has 3 rings (SSSR count). The maximum Gasteiger partial charge on any atom is 0.199 e. The van der Waals surface area contributed by atoms with E-state index in [4.69, 9.17) is 16.0 Å². The van der Waals surface area contributed by atoms with E-state index in [2.05, 4.69) is 43.4 Å². The van der Waals surface area contributed by atoms with Crippen LogP contribution in [0.4, 0.5) is 0 Å². The van der Waals surface area contributed by atoms with Crippen molar-refractivity contribution in [2.45, 2.75) is 26.4 Å². The molecular weight excluding hydrogens is 282 g/mol. The third-order valence-corrected chi connectivity index (χ3v) is 4.12. The van der Waals surface area contributed by atoms with Crippen LogP contribution in [-0.4, -0.2) is 0 Å². The second-order valence-corrected chi connectivity index (χ2v) is 5.71. The van der Waals surface area contributed by atoms with Gasteiger partial charge in [-0.15, -0.1) is 0 Å². The molecular formula is C18H18ClNO. The molecule has 0 spiro atoms. The Morgan fingerprint density at radius 2 is 1.81 bits per heavy atom. The largest absolute Gasteiger partial charge is 0.444 e. The number of nitrogens with one attached hydrogen (secondary N) is 1. The van der Waals surface area contributed by atoms with Crippen molar-refractivity contribution in [2.75, 3.05) is 0 Å². The first-order valence-electron chi connectivity index (χ1n) is 7.11. The molecule has 0 saturated carbocycles. The van der Waals surface area contributed by atoms with Crippen LogP contribution in [-0.2, 0) is 6.54 Å². The average Bonchev–Trinajstić information content (AvgIpc) is 2.81. The van der Waals surface area contributed by atoms with Gasteiger partial charge >= 0.3 is 0 Å². The van der Waals surface area contributed by atoms with Gasteiger partial charge in [0, 0.05) is 23.5 Å². The van der Waals surface area contributed by atoms with Crippen LogP contribution in [0, 0.1) is 6.92 Å². The van der Waals surface area contributed by atoms with Crippen LogP contribution in [0.15, 0.2) is 52.9 Å². The van der Waals surface area contributed by atoms with Gasteiger partial charge in [-0.3, -0.25) is 0 Å². The molecule has 0 fully saturated rings. The molecule has 1 N–H and O–H groups in total. The van der Waals surface area contributed by atoms with Gasteiger partial charge in [0.1, 0.15) is 5.58 Å². The highest BCUT2D eigenvalue weighted by Crippen LogP contribution is 2.29. The van der Waals surface area contributed by atoms with E-state index in [-0.39, 0.29) is 6.04 Å². The number of furan rings is 1. The first kappa shape index (κ1) is 14.2. The Labute approximate surface area is 129 Å². The lowest BCUT2D eigenvalue weighted by Gasteiger charge is -2.14. The molecule has 2 aromatic carbocycles. The summed E-state index contributed by atoms with van der Waals surface area (Å²) < 4.78 is 5.58. The van der Waals surface area contributed by atoms with Gasteiger partial charge in [0.05, 0.1) is 0 Å². The molecule has 0 aliphatic heterocycles. The average molecular weight is 300 g/mol. The van der Waals surface area contributed by atoms with E-state index in [0.29, 0.717) is 11.8 Å². The third kappa shape index (κ3) is 2.97. The lowest BCUT2D eigenvalue weighted by Crippen LogP contribution is -2.18. The van der Waals surface area contributed by atoms with Gasteiger partial charge in [0.15, 0.2) is 5.22 Å². The highest BCUT2D eigenvalue weighted by molar-refractivity contribution is 6.30. The molecule has 0 aliphatic rings. The van der Waals surface area contributed by atoms with Crippen molar-refractivity contribution < 1.29 is 4.42 Å². The van der Waals surface area contributed by atoms with Crippen LogP contribution >= 0.6 is 11.6 Å². The van der Waals surface area contributed by atoms with Crippen molar-refractivity contribution >= 4 is 22.6 Å². The lowest BCUT2D eigenvalue weighted by atomic mass is 10.1. The Balaban J connectivity index is 1.77. The van der Waals surface area contributed by atoms with Crippen LogP contribution < -0.4 is 5.32 Å². The van der Waals surface area contributed by atoms with Gasteiger partial charge in [-0.05, 0) is 37.1 Å². The molecule has 0 radical (unpaired) electrons. The van der Waals surface area contributed by atoms with Gasteiger partial charge in [0.2, 0.25) is 0 Å². The Morgan fingerprint density at radius 1 is 1.10 bits per heavy atom. The molecule has 2 nitrogen and oxygen atoms in total. The molecule has 0 unspecified atom stereocenters.